The summed E-state index contributed by atoms with van der Waals surface area (Å²) in [6.45, 7) is 2.84. The average molecular weight is 306 g/mol. The van der Waals surface area contributed by atoms with Gasteiger partial charge in [-0.15, -0.1) is 0 Å². The van der Waals surface area contributed by atoms with Crippen molar-refractivity contribution in [3.63, 3.8) is 0 Å². The largest absolute Gasteiger partial charge is 0.361 e. The number of rotatable bonds is 6. The summed E-state index contributed by atoms with van der Waals surface area (Å²) >= 11 is 0. The van der Waals surface area contributed by atoms with Crippen LogP contribution in [0.4, 0.5) is 0 Å². The number of amides is 1. The zero-order valence-corrected chi connectivity index (χ0v) is 13.4. The van der Waals surface area contributed by atoms with Crippen LogP contribution in [0.5, 0.6) is 0 Å². The second-order valence-electron chi connectivity index (χ2n) is 5.86. The molecule has 0 aliphatic rings. The van der Waals surface area contributed by atoms with Gasteiger partial charge in [0.15, 0.2) is 0 Å². The number of aromatic amines is 1. The molecule has 3 aromatic rings. The Hall–Kier alpha value is -2.55. The molecule has 2 N–H and O–H groups in total. The molecule has 1 atom stereocenters. The van der Waals surface area contributed by atoms with Crippen LogP contribution >= 0.6 is 0 Å². The monoisotopic (exact) mass is 306 g/mol. The SMILES string of the molecule is CC[C@@H](CNC(=O)Cc1c[nH]c2ccccc12)c1ccccc1. The van der Waals surface area contributed by atoms with Crippen molar-refractivity contribution < 1.29 is 4.79 Å². The molecule has 0 unspecified atom stereocenters. The zero-order chi connectivity index (χ0) is 16.1. The van der Waals surface area contributed by atoms with Crippen molar-refractivity contribution in [1.82, 2.24) is 10.3 Å². The Bertz CT molecular complexity index is 776. The molecule has 118 valence electrons. The Balaban J connectivity index is 1.61. The molecule has 0 saturated heterocycles. The molecule has 1 amide bonds. The second-order valence-corrected chi connectivity index (χ2v) is 5.86. The number of hydrogen-bond acceptors (Lipinski definition) is 1. The fourth-order valence-electron chi connectivity index (χ4n) is 2.97. The first-order valence-corrected chi connectivity index (χ1v) is 8.14. The van der Waals surface area contributed by atoms with Crippen LogP contribution in [0.1, 0.15) is 30.4 Å². The van der Waals surface area contributed by atoms with E-state index in [0.717, 1.165) is 22.9 Å². The second kappa shape index (κ2) is 7.14. The van der Waals surface area contributed by atoms with Crippen molar-refractivity contribution in [1.29, 1.82) is 0 Å². The molecule has 0 radical (unpaired) electrons. The minimum absolute atomic E-state index is 0.0733. The molecule has 3 rings (SSSR count). The van der Waals surface area contributed by atoms with Crippen LogP contribution in [0, 0.1) is 0 Å². The van der Waals surface area contributed by atoms with Crippen molar-refractivity contribution in [3.05, 3.63) is 71.9 Å². The van der Waals surface area contributed by atoms with Gasteiger partial charge in [-0.05, 0) is 23.6 Å². The summed E-state index contributed by atoms with van der Waals surface area (Å²) in [7, 11) is 0. The smallest absolute Gasteiger partial charge is 0.224 e. The van der Waals surface area contributed by atoms with Crippen molar-refractivity contribution in [2.24, 2.45) is 0 Å². The third-order valence-corrected chi connectivity index (χ3v) is 4.34. The summed E-state index contributed by atoms with van der Waals surface area (Å²) in [5, 5.41) is 4.21. The molecule has 0 aliphatic carbocycles. The molecule has 0 saturated carbocycles. The van der Waals surface area contributed by atoms with E-state index in [2.05, 4.69) is 29.4 Å². The Morgan fingerprint density at radius 2 is 1.83 bits per heavy atom. The number of nitrogens with one attached hydrogen (secondary N) is 2. The standard InChI is InChI=1S/C20H22N2O/c1-2-15(16-8-4-3-5-9-16)13-22-20(23)12-17-14-21-19-11-7-6-10-18(17)19/h3-11,14-15,21H,2,12-13H2,1H3,(H,22,23)/t15-/m0/s1. The van der Waals surface area contributed by atoms with E-state index in [1.165, 1.54) is 5.56 Å². The highest BCUT2D eigenvalue weighted by Gasteiger charge is 2.12. The van der Waals surface area contributed by atoms with Crippen LogP contribution in [0.2, 0.25) is 0 Å². The first-order chi connectivity index (χ1) is 11.3. The van der Waals surface area contributed by atoms with Gasteiger partial charge < -0.3 is 10.3 Å². The van der Waals surface area contributed by atoms with Crippen LogP contribution in [-0.2, 0) is 11.2 Å². The number of para-hydroxylation sites is 1. The van der Waals surface area contributed by atoms with Gasteiger partial charge in [0.1, 0.15) is 0 Å². The summed E-state index contributed by atoms with van der Waals surface area (Å²) in [5.74, 6) is 0.437. The summed E-state index contributed by atoms with van der Waals surface area (Å²) < 4.78 is 0. The number of H-pyrrole nitrogens is 1. The quantitative estimate of drug-likeness (QED) is 0.710. The molecule has 0 aliphatic heterocycles. The van der Waals surface area contributed by atoms with E-state index in [0.29, 0.717) is 18.9 Å². The predicted octanol–water partition coefficient (Wildman–Crippen LogP) is 4.02. The highest BCUT2D eigenvalue weighted by molar-refractivity contribution is 5.88. The molecule has 0 fully saturated rings. The van der Waals surface area contributed by atoms with Gasteiger partial charge in [0.2, 0.25) is 5.91 Å². The first kappa shape index (κ1) is 15.3. The van der Waals surface area contributed by atoms with Crippen LogP contribution < -0.4 is 5.32 Å². The first-order valence-electron chi connectivity index (χ1n) is 8.14. The lowest BCUT2D eigenvalue weighted by atomic mass is 9.96. The Kier molecular flexibility index (Phi) is 4.77. The lowest BCUT2D eigenvalue weighted by Gasteiger charge is -2.16. The van der Waals surface area contributed by atoms with E-state index < -0.39 is 0 Å². The van der Waals surface area contributed by atoms with Crippen molar-refractivity contribution in [2.75, 3.05) is 6.54 Å². The summed E-state index contributed by atoms with van der Waals surface area (Å²) in [4.78, 5) is 15.5. The summed E-state index contributed by atoms with van der Waals surface area (Å²) in [6.07, 6.45) is 3.35. The van der Waals surface area contributed by atoms with E-state index in [9.17, 15) is 4.79 Å². The normalized spacial score (nSPS) is 12.2. The van der Waals surface area contributed by atoms with Gasteiger partial charge in [0.05, 0.1) is 6.42 Å². The van der Waals surface area contributed by atoms with Gasteiger partial charge in [-0.1, -0.05) is 55.5 Å². The van der Waals surface area contributed by atoms with Crippen molar-refractivity contribution >= 4 is 16.8 Å². The fraction of sp³-hybridized carbons (Fsp3) is 0.250. The number of hydrogen-bond donors (Lipinski definition) is 2. The molecule has 0 spiro atoms. The molecular formula is C20H22N2O. The average Bonchev–Trinajstić information content (AvgIpc) is 2.99. The maximum absolute atomic E-state index is 12.3. The van der Waals surface area contributed by atoms with Crippen molar-refractivity contribution in [2.45, 2.75) is 25.7 Å². The summed E-state index contributed by atoms with van der Waals surface area (Å²) in [5.41, 5.74) is 3.40. The molecule has 0 bridgehead atoms. The van der Waals surface area contributed by atoms with Gasteiger partial charge in [-0.2, -0.15) is 0 Å². The van der Waals surface area contributed by atoms with Crippen LogP contribution in [0.25, 0.3) is 10.9 Å². The highest BCUT2D eigenvalue weighted by atomic mass is 16.1. The van der Waals surface area contributed by atoms with Crippen LogP contribution in [0.15, 0.2) is 60.8 Å². The number of carbonyl (C=O) groups excluding carboxylic acids is 1. The summed E-state index contributed by atoms with van der Waals surface area (Å²) in [6, 6.07) is 18.4. The minimum Gasteiger partial charge on any atom is -0.361 e. The Morgan fingerprint density at radius 1 is 1.09 bits per heavy atom. The van der Waals surface area contributed by atoms with Crippen molar-refractivity contribution in [3.8, 4) is 0 Å². The van der Waals surface area contributed by atoms with Crippen LogP contribution in [-0.4, -0.2) is 17.4 Å². The Morgan fingerprint density at radius 3 is 2.61 bits per heavy atom. The number of benzene rings is 2. The maximum atomic E-state index is 12.3. The van der Waals surface area contributed by atoms with E-state index in [1.807, 2.05) is 48.7 Å². The topological polar surface area (TPSA) is 44.9 Å². The molecule has 1 heterocycles. The molecule has 1 aromatic heterocycles. The molecule has 2 aromatic carbocycles. The van der Waals surface area contributed by atoms with Crippen LogP contribution in [0.3, 0.4) is 0 Å². The van der Waals surface area contributed by atoms with Gasteiger partial charge in [0, 0.05) is 29.6 Å². The molecule has 23 heavy (non-hydrogen) atoms. The predicted molar refractivity (Wildman–Crippen MR) is 94.5 cm³/mol. The highest BCUT2D eigenvalue weighted by Crippen LogP contribution is 2.19. The number of aromatic nitrogens is 1. The van der Waals surface area contributed by atoms with Gasteiger partial charge in [-0.25, -0.2) is 0 Å². The third kappa shape index (κ3) is 3.62. The van der Waals surface area contributed by atoms with E-state index in [1.54, 1.807) is 0 Å². The Labute approximate surface area is 136 Å². The zero-order valence-electron chi connectivity index (χ0n) is 13.4. The number of fused-ring (bicyclic) bond motifs is 1. The lowest BCUT2D eigenvalue weighted by Crippen LogP contribution is -2.29. The molecule has 3 heteroatoms. The lowest BCUT2D eigenvalue weighted by molar-refractivity contribution is -0.120. The van der Waals surface area contributed by atoms with E-state index >= 15 is 0 Å². The fourth-order valence-corrected chi connectivity index (χ4v) is 2.97. The van der Waals surface area contributed by atoms with Gasteiger partial charge >= 0.3 is 0 Å². The van der Waals surface area contributed by atoms with E-state index in [-0.39, 0.29) is 5.91 Å². The number of carbonyl (C=O) groups is 1. The molecule has 3 nitrogen and oxygen atoms in total. The molecular weight excluding hydrogens is 284 g/mol. The van der Waals surface area contributed by atoms with Gasteiger partial charge in [-0.3, -0.25) is 4.79 Å². The maximum Gasteiger partial charge on any atom is 0.224 e. The minimum atomic E-state index is 0.0733. The van der Waals surface area contributed by atoms with Gasteiger partial charge in [0.25, 0.3) is 0 Å². The van der Waals surface area contributed by atoms with E-state index in [4.69, 9.17) is 0 Å². The third-order valence-electron chi connectivity index (χ3n) is 4.34.